The van der Waals surface area contributed by atoms with Gasteiger partial charge in [-0.3, -0.25) is 0 Å². The zero-order valence-corrected chi connectivity index (χ0v) is 15.8. The molecule has 130 valence electrons. The first kappa shape index (κ1) is 19.7. The summed E-state index contributed by atoms with van der Waals surface area (Å²) in [6, 6.07) is 0. The summed E-state index contributed by atoms with van der Waals surface area (Å²) in [5.74, 6) is -1.13. The molecule has 0 aliphatic rings. The van der Waals surface area contributed by atoms with Crippen LogP contribution < -0.4 is 20.9 Å². The van der Waals surface area contributed by atoms with Crippen LogP contribution in [0.5, 0.6) is 0 Å². The molecule has 1 aromatic carbocycles. The quantitative estimate of drug-likeness (QED) is 0.766. The number of carbonyl (C=O) groups is 2. The van der Waals surface area contributed by atoms with Gasteiger partial charge in [0.2, 0.25) is 0 Å². The molecule has 0 unspecified atom stereocenters. The van der Waals surface area contributed by atoms with Gasteiger partial charge in [0.15, 0.2) is 0 Å². The summed E-state index contributed by atoms with van der Waals surface area (Å²) in [4.78, 5) is 25.1. The molecule has 0 saturated heterocycles. The third-order valence-corrected chi connectivity index (χ3v) is 3.88. The number of rotatable bonds is 2. The molecular weight excluding hydrogens is 304 g/mol. The molecule has 0 fully saturated rings. The van der Waals surface area contributed by atoms with Crippen molar-refractivity contribution in [1.82, 2.24) is 0 Å². The van der Waals surface area contributed by atoms with Gasteiger partial charge in [0.25, 0.3) is 0 Å². The molecule has 0 spiro atoms. The number of benzene rings is 1. The predicted molar refractivity (Wildman–Crippen MR) is 97.4 cm³/mol. The highest BCUT2D eigenvalue weighted by Gasteiger charge is 2.24. The van der Waals surface area contributed by atoms with E-state index < -0.39 is 11.9 Å². The second-order valence-electron chi connectivity index (χ2n) is 6.34. The van der Waals surface area contributed by atoms with E-state index in [2.05, 4.69) is 6.58 Å². The van der Waals surface area contributed by atoms with Gasteiger partial charge >= 0.3 is 11.9 Å². The normalized spacial score (nSPS) is 10.2. The SMILES string of the molecule is C=c1c(=C(C)C)c(C(=O)OC)c(C(=O)OC)c(=C(C)C)c1=C(C)C. The van der Waals surface area contributed by atoms with Gasteiger partial charge in [-0.1, -0.05) is 23.3 Å². The summed E-state index contributed by atoms with van der Waals surface area (Å²) in [5.41, 5.74) is 3.26. The molecule has 0 saturated carbocycles. The fourth-order valence-electron chi connectivity index (χ4n) is 3.02. The van der Waals surface area contributed by atoms with E-state index in [-0.39, 0.29) is 11.1 Å². The fourth-order valence-corrected chi connectivity index (χ4v) is 3.02. The minimum absolute atomic E-state index is 0.218. The van der Waals surface area contributed by atoms with Gasteiger partial charge in [0.05, 0.1) is 25.3 Å². The van der Waals surface area contributed by atoms with Crippen LogP contribution in [0.2, 0.25) is 0 Å². The maximum atomic E-state index is 12.6. The smallest absolute Gasteiger partial charge is 0.339 e. The van der Waals surface area contributed by atoms with Gasteiger partial charge in [-0.2, -0.15) is 0 Å². The van der Waals surface area contributed by atoms with E-state index >= 15 is 0 Å². The zero-order chi connectivity index (χ0) is 18.8. The molecule has 4 nitrogen and oxygen atoms in total. The average molecular weight is 330 g/mol. The number of methoxy groups -OCH3 is 2. The third kappa shape index (κ3) is 3.28. The van der Waals surface area contributed by atoms with Crippen LogP contribution in [-0.2, 0) is 9.47 Å². The van der Waals surface area contributed by atoms with Crippen LogP contribution in [0.3, 0.4) is 0 Å². The van der Waals surface area contributed by atoms with Crippen LogP contribution in [0.4, 0.5) is 0 Å². The molecule has 0 aliphatic heterocycles. The first-order chi connectivity index (χ1) is 11.1. The molecule has 24 heavy (non-hydrogen) atoms. The van der Waals surface area contributed by atoms with Crippen molar-refractivity contribution in [2.24, 2.45) is 0 Å². The Bertz CT molecular complexity index is 922. The lowest BCUT2D eigenvalue weighted by Crippen LogP contribution is -2.55. The largest absolute Gasteiger partial charge is 0.465 e. The van der Waals surface area contributed by atoms with Crippen molar-refractivity contribution in [1.29, 1.82) is 0 Å². The summed E-state index contributed by atoms with van der Waals surface area (Å²) >= 11 is 0. The number of ether oxygens (including phenoxy) is 2. The lowest BCUT2D eigenvalue weighted by molar-refractivity contribution is 0.0552. The van der Waals surface area contributed by atoms with Crippen LogP contribution in [0.15, 0.2) is 0 Å². The molecule has 0 aliphatic carbocycles. The minimum atomic E-state index is -0.570. The molecule has 0 bridgehead atoms. The van der Waals surface area contributed by atoms with Crippen LogP contribution in [0.25, 0.3) is 23.3 Å². The monoisotopic (exact) mass is 330 g/mol. The van der Waals surface area contributed by atoms with Crippen molar-refractivity contribution in [3.8, 4) is 0 Å². The Morgan fingerprint density at radius 2 is 1.00 bits per heavy atom. The number of esters is 2. The van der Waals surface area contributed by atoms with E-state index in [9.17, 15) is 9.59 Å². The second-order valence-corrected chi connectivity index (χ2v) is 6.34. The summed E-state index contributed by atoms with van der Waals surface area (Å²) in [7, 11) is 2.61. The topological polar surface area (TPSA) is 52.6 Å². The molecule has 0 aromatic heterocycles. The van der Waals surface area contributed by atoms with Crippen molar-refractivity contribution in [3.05, 3.63) is 32.0 Å². The Balaban J connectivity index is 4.71. The van der Waals surface area contributed by atoms with Gasteiger partial charge in [0.1, 0.15) is 0 Å². The number of hydrogen-bond donors (Lipinski definition) is 0. The van der Waals surface area contributed by atoms with Crippen LogP contribution in [-0.4, -0.2) is 26.2 Å². The van der Waals surface area contributed by atoms with E-state index in [1.807, 2.05) is 41.5 Å². The highest BCUT2D eigenvalue weighted by molar-refractivity contribution is 6.04. The van der Waals surface area contributed by atoms with Crippen molar-refractivity contribution >= 4 is 35.2 Å². The average Bonchev–Trinajstić information content (AvgIpc) is 2.50. The van der Waals surface area contributed by atoms with Gasteiger partial charge in [-0.15, -0.1) is 0 Å². The first-order valence-electron chi connectivity index (χ1n) is 7.74. The van der Waals surface area contributed by atoms with Gasteiger partial charge in [0, 0.05) is 0 Å². The summed E-state index contributed by atoms with van der Waals surface area (Å²) in [6.45, 7) is 15.7. The van der Waals surface area contributed by atoms with E-state index in [0.717, 1.165) is 27.2 Å². The van der Waals surface area contributed by atoms with Crippen LogP contribution in [0, 0.1) is 0 Å². The molecule has 0 radical (unpaired) electrons. The van der Waals surface area contributed by atoms with Crippen molar-refractivity contribution in [2.75, 3.05) is 14.2 Å². The Labute approximate surface area is 142 Å². The summed E-state index contributed by atoms with van der Waals surface area (Å²) in [5, 5.41) is 2.93. The Hall–Kier alpha value is -2.36. The lowest BCUT2D eigenvalue weighted by Gasteiger charge is -2.13. The summed E-state index contributed by atoms with van der Waals surface area (Å²) < 4.78 is 9.92. The maximum Gasteiger partial charge on any atom is 0.339 e. The molecule has 0 atom stereocenters. The maximum absolute atomic E-state index is 12.6. The molecule has 1 rings (SSSR count). The third-order valence-electron chi connectivity index (χ3n) is 3.88. The highest BCUT2D eigenvalue weighted by Crippen LogP contribution is 2.05. The first-order valence-corrected chi connectivity index (χ1v) is 7.74. The van der Waals surface area contributed by atoms with Gasteiger partial charge in [-0.05, 0) is 62.4 Å². The Morgan fingerprint density at radius 1 is 0.667 bits per heavy atom. The lowest BCUT2D eigenvalue weighted by atomic mass is 9.93. The number of carbonyl (C=O) groups excluding carboxylic acids is 2. The molecule has 0 heterocycles. The van der Waals surface area contributed by atoms with Crippen LogP contribution >= 0.6 is 0 Å². The predicted octanol–water partition coefficient (Wildman–Crippen LogP) is 1.24. The van der Waals surface area contributed by atoms with Crippen molar-refractivity contribution < 1.29 is 19.1 Å². The van der Waals surface area contributed by atoms with E-state index in [0.29, 0.717) is 10.4 Å². The van der Waals surface area contributed by atoms with E-state index in [4.69, 9.17) is 9.47 Å². The fraction of sp³-hybridized carbons (Fsp3) is 0.400. The van der Waals surface area contributed by atoms with Crippen LogP contribution in [0.1, 0.15) is 62.3 Å². The highest BCUT2D eigenvalue weighted by atomic mass is 16.5. The van der Waals surface area contributed by atoms with Crippen molar-refractivity contribution in [2.45, 2.75) is 41.5 Å². The zero-order valence-electron chi connectivity index (χ0n) is 15.8. The summed E-state index contributed by atoms with van der Waals surface area (Å²) in [6.07, 6.45) is 0. The number of hydrogen-bond acceptors (Lipinski definition) is 4. The molecular formula is C20H26O4. The minimum Gasteiger partial charge on any atom is -0.465 e. The van der Waals surface area contributed by atoms with E-state index in [1.165, 1.54) is 14.2 Å². The Morgan fingerprint density at radius 3 is 1.29 bits per heavy atom. The second kappa shape index (κ2) is 7.47. The molecule has 4 heteroatoms. The van der Waals surface area contributed by atoms with Gasteiger partial charge in [-0.25, -0.2) is 9.59 Å². The van der Waals surface area contributed by atoms with Gasteiger partial charge < -0.3 is 9.47 Å². The Kier molecular flexibility index (Phi) is 6.13. The van der Waals surface area contributed by atoms with E-state index in [1.54, 1.807) is 0 Å². The van der Waals surface area contributed by atoms with Crippen molar-refractivity contribution in [3.63, 3.8) is 0 Å². The molecule has 0 N–H and O–H groups in total. The standard InChI is InChI=1S/C20H26O4/c1-10(2)14-13(7)15(11(3)4)17(19(21)23-8)18(20(22)24-9)16(14)12(5)6/h7H2,1-6,8-9H3. The molecule has 1 aromatic rings. The molecule has 0 amide bonds.